The predicted molar refractivity (Wildman–Crippen MR) is 130 cm³/mol. The Balaban J connectivity index is 1.33. The second kappa shape index (κ2) is 9.88. The summed E-state index contributed by atoms with van der Waals surface area (Å²) in [6.07, 6.45) is 1.48. The molecule has 7 nitrogen and oxygen atoms in total. The van der Waals surface area contributed by atoms with Crippen LogP contribution in [0.5, 0.6) is 11.5 Å². The number of aromatic amines is 1. The van der Waals surface area contributed by atoms with Crippen LogP contribution in [-0.4, -0.2) is 34.3 Å². The van der Waals surface area contributed by atoms with Crippen LogP contribution in [0.1, 0.15) is 21.5 Å². The number of benzene rings is 3. The number of phenolic OH excluding ortho intramolecular Hbond substituents is 1. The minimum absolute atomic E-state index is 0.00672. The molecule has 4 aromatic rings. The van der Waals surface area contributed by atoms with Gasteiger partial charge in [0.1, 0.15) is 0 Å². The van der Waals surface area contributed by atoms with Gasteiger partial charge in [0.05, 0.1) is 28.8 Å². The fraction of sp³-hybridized carbons (Fsp3) is 0.0870. The molecule has 1 heterocycles. The average molecular weight is 511 g/mol. The van der Waals surface area contributed by atoms with Crippen molar-refractivity contribution in [3.05, 3.63) is 81.8 Å². The number of hydrogen-bond acceptors (Lipinski definition) is 6. The van der Waals surface area contributed by atoms with E-state index in [1.807, 2.05) is 36.4 Å². The number of H-pyrrole nitrogens is 1. The summed E-state index contributed by atoms with van der Waals surface area (Å²) in [6.45, 7) is 0. The van der Waals surface area contributed by atoms with E-state index >= 15 is 0 Å². The molecular formula is C23H19BrN4O3S. The van der Waals surface area contributed by atoms with Crippen molar-refractivity contribution in [1.82, 2.24) is 15.4 Å². The first-order valence-corrected chi connectivity index (χ1v) is 11.4. The predicted octanol–water partition coefficient (Wildman–Crippen LogP) is 5.10. The lowest BCUT2D eigenvalue weighted by molar-refractivity contribution is 0.0955. The number of amides is 1. The average Bonchev–Trinajstić information content (AvgIpc) is 3.23. The molecule has 1 amide bonds. The van der Waals surface area contributed by atoms with Crippen molar-refractivity contribution in [2.24, 2.45) is 5.10 Å². The normalized spacial score (nSPS) is 11.2. The highest BCUT2D eigenvalue weighted by atomic mass is 79.9. The molecular weight excluding hydrogens is 492 g/mol. The number of thioether (sulfide) groups is 1. The van der Waals surface area contributed by atoms with E-state index in [0.717, 1.165) is 27.5 Å². The van der Waals surface area contributed by atoms with Gasteiger partial charge >= 0.3 is 0 Å². The second-order valence-electron chi connectivity index (χ2n) is 6.80. The summed E-state index contributed by atoms with van der Waals surface area (Å²) in [5.41, 5.74) is 6.70. The molecule has 0 saturated heterocycles. The highest BCUT2D eigenvalue weighted by Gasteiger charge is 2.09. The van der Waals surface area contributed by atoms with Crippen LogP contribution in [0.2, 0.25) is 0 Å². The third-order valence-electron chi connectivity index (χ3n) is 4.61. The van der Waals surface area contributed by atoms with Gasteiger partial charge in [0, 0.05) is 11.3 Å². The minimum Gasteiger partial charge on any atom is -0.503 e. The Kier molecular flexibility index (Phi) is 6.77. The molecule has 0 fully saturated rings. The first kappa shape index (κ1) is 21.9. The molecule has 0 aliphatic carbocycles. The number of para-hydroxylation sites is 2. The van der Waals surface area contributed by atoms with Crippen molar-refractivity contribution in [2.75, 3.05) is 7.11 Å². The van der Waals surface area contributed by atoms with Crippen molar-refractivity contribution in [3.8, 4) is 11.5 Å². The number of nitrogens with one attached hydrogen (secondary N) is 2. The number of halogens is 1. The molecule has 0 atom stereocenters. The first-order valence-electron chi connectivity index (χ1n) is 9.60. The Hall–Kier alpha value is -3.30. The van der Waals surface area contributed by atoms with Crippen molar-refractivity contribution in [1.29, 1.82) is 0 Å². The number of phenols is 1. The van der Waals surface area contributed by atoms with Crippen LogP contribution in [0, 0.1) is 0 Å². The fourth-order valence-corrected chi connectivity index (χ4v) is 4.26. The van der Waals surface area contributed by atoms with Gasteiger partial charge in [-0.15, -0.1) is 0 Å². The molecule has 9 heteroatoms. The lowest BCUT2D eigenvalue weighted by atomic mass is 10.1. The van der Waals surface area contributed by atoms with Crippen LogP contribution >= 0.6 is 27.7 Å². The van der Waals surface area contributed by atoms with Gasteiger partial charge in [0.25, 0.3) is 5.91 Å². The molecule has 0 spiro atoms. The van der Waals surface area contributed by atoms with E-state index in [2.05, 4.69) is 36.4 Å². The first-order chi connectivity index (χ1) is 15.5. The number of hydrazone groups is 1. The molecule has 162 valence electrons. The molecule has 32 heavy (non-hydrogen) atoms. The van der Waals surface area contributed by atoms with Crippen LogP contribution in [0.3, 0.4) is 0 Å². The van der Waals surface area contributed by atoms with Crippen LogP contribution in [-0.2, 0) is 5.75 Å². The number of ether oxygens (including phenoxy) is 1. The van der Waals surface area contributed by atoms with Crippen LogP contribution in [0.4, 0.5) is 0 Å². The van der Waals surface area contributed by atoms with Gasteiger partial charge in [-0.2, -0.15) is 5.10 Å². The SMILES string of the molecule is COc1cc(/C=N\NC(=O)c2ccc(CSc3nc4ccccc4[nH]3)cc2)cc(Br)c1O. The third-order valence-corrected chi connectivity index (χ3v) is 6.16. The topological polar surface area (TPSA) is 99.6 Å². The molecule has 3 N–H and O–H groups in total. The van der Waals surface area contributed by atoms with Gasteiger partial charge in [-0.05, 0) is 63.5 Å². The molecule has 0 radical (unpaired) electrons. The Morgan fingerprint density at radius 2 is 2.03 bits per heavy atom. The second-order valence-corrected chi connectivity index (χ2v) is 8.62. The summed E-state index contributed by atoms with van der Waals surface area (Å²) in [5, 5.41) is 14.7. The number of carbonyl (C=O) groups is 1. The minimum atomic E-state index is -0.317. The quantitative estimate of drug-likeness (QED) is 0.182. The number of aromatic hydroxyl groups is 1. The van der Waals surface area contributed by atoms with Crippen LogP contribution in [0.15, 0.2) is 75.4 Å². The largest absolute Gasteiger partial charge is 0.503 e. The van der Waals surface area contributed by atoms with Gasteiger partial charge in [0.15, 0.2) is 16.7 Å². The number of imidazole rings is 1. The highest BCUT2D eigenvalue weighted by molar-refractivity contribution is 9.10. The molecule has 0 unspecified atom stereocenters. The Morgan fingerprint density at radius 3 is 2.78 bits per heavy atom. The summed E-state index contributed by atoms with van der Waals surface area (Å²) in [7, 11) is 1.46. The van der Waals surface area contributed by atoms with Crippen LogP contribution in [0.25, 0.3) is 11.0 Å². The van der Waals surface area contributed by atoms with Crippen molar-refractivity contribution < 1.29 is 14.6 Å². The van der Waals surface area contributed by atoms with E-state index in [1.54, 1.807) is 36.0 Å². The van der Waals surface area contributed by atoms with Gasteiger partial charge in [0.2, 0.25) is 0 Å². The maximum absolute atomic E-state index is 12.4. The zero-order chi connectivity index (χ0) is 22.5. The van der Waals surface area contributed by atoms with Crippen molar-refractivity contribution in [3.63, 3.8) is 0 Å². The van der Waals surface area contributed by atoms with Gasteiger partial charge in [-0.1, -0.05) is 36.0 Å². The fourth-order valence-electron chi connectivity index (χ4n) is 2.96. The summed E-state index contributed by atoms with van der Waals surface area (Å²) in [5.74, 6) is 0.732. The van der Waals surface area contributed by atoms with E-state index in [1.165, 1.54) is 13.3 Å². The number of rotatable bonds is 7. The van der Waals surface area contributed by atoms with Crippen LogP contribution < -0.4 is 10.2 Å². The Morgan fingerprint density at radius 1 is 1.25 bits per heavy atom. The van der Waals surface area contributed by atoms with Gasteiger partial charge in [-0.25, -0.2) is 10.4 Å². The number of carbonyl (C=O) groups excluding carboxylic acids is 1. The summed E-state index contributed by atoms with van der Waals surface area (Å²) in [6, 6.07) is 18.6. The van der Waals surface area contributed by atoms with Crippen molar-refractivity contribution in [2.45, 2.75) is 10.9 Å². The van der Waals surface area contributed by atoms with Gasteiger partial charge < -0.3 is 14.8 Å². The molecule has 0 bridgehead atoms. The van der Waals surface area contributed by atoms with E-state index in [-0.39, 0.29) is 11.7 Å². The van der Waals surface area contributed by atoms with E-state index in [0.29, 0.717) is 21.3 Å². The molecule has 0 saturated carbocycles. The smallest absolute Gasteiger partial charge is 0.271 e. The van der Waals surface area contributed by atoms with Gasteiger partial charge in [-0.3, -0.25) is 4.79 Å². The summed E-state index contributed by atoms with van der Waals surface area (Å²) >= 11 is 4.86. The highest BCUT2D eigenvalue weighted by Crippen LogP contribution is 2.34. The standard InChI is InChI=1S/C23H19BrN4O3S/c1-31-20-11-15(10-17(24)21(20)29)12-25-28-22(30)16-8-6-14(7-9-16)13-32-23-26-18-4-2-3-5-19(18)27-23/h2-12,29H,13H2,1H3,(H,26,27)(H,28,30)/b25-12-. The number of fused-ring (bicyclic) bond motifs is 1. The Bertz CT molecular complexity index is 1260. The zero-order valence-electron chi connectivity index (χ0n) is 17.0. The van der Waals surface area contributed by atoms with E-state index < -0.39 is 0 Å². The molecule has 1 aromatic heterocycles. The van der Waals surface area contributed by atoms with Crippen molar-refractivity contribution >= 4 is 50.8 Å². The Labute approximate surface area is 197 Å². The molecule has 4 rings (SSSR count). The maximum atomic E-state index is 12.4. The number of hydrogen-bond donors (Lipinski definition) is 3. The zero-order valence-corrected chi connectivity index (χ0v) is 19.4. The number of methoxy groups -OCH3 is 1. The van der Waals surface area contributed by atoms with E-state index in [4.69, 9.17) is 4.74 Å². The lowest BCUT2D eigenvalue weighted by Crippen LogP contribution is -2.17. The summed E-state index contributed by atoms with van der Waals surface area (Å²) < 4.78 is 5.57. The molecule has 0 aliphatic heterocycles. The monoisotopic (exact) mass is 510 g/mol. The molecule has 0 aliphatic rings. The summed E-state index contributed by atoms with van der Waals surface area (Å²) in [4.78, 5) is 20.2. The third kappa shape index (κ3) is 5.12. The number of aromatic nitrogens is 2. The lowest BCUT2D eigenvalue weighted by Gasteiger charge is -2.06. The molecule has 3 aromatic carbocycles. The number of nitrogens with zero attached hydrogens (tertiary/aromatic N) is 2. The van der Waals surface area contributed by atoms with E-state index in [9.17, 15) is 9.90 Å². The maximum Gasteiger partial charge on any atom is 0.271 e.